The molecule has 0 saturated carbocycles. The number of likely N-dealkylation sites (tertiary alicyclic amines) is 1. The van der Waals surface area contributed by atoms with E-state index in [2.05, 4.69) is 33.8 Å². The zero-order valence-corrected chi connectivity index (χ0v) is 14.7. The van der Waals surface area contributed by atoms with Crippen LogP contribution in [0.2, 0.25) is 0 Å². The predicted octanol–water partition coefficient (Wildman–Crippen LogP) is 3.23. The smallest absolute Gasteiger partial charge is 0.138 e. The number of hydrogen-bond acceptors (Lipinski definition) is 5. The van der Waals surface area contributed by atoms with Crippen molar-refractivity contribution in [1.29, 1.82) is 0 Å². The van der Waals surface area contributed by atoms with Crippen molar-refractivity contribution >= 4 is 11.8 Å². The highest BCUT2D eigenvalue weighted by Gasteiger charge is 2.49. The van der Waals surface area contributed by atoms with E-state index in [1.165, 1.54) is 5.56 Å². The molecule has 2 aromatic rings. The van der Waals surface area contributed by atoms with Crippen molar-refractivity contribution in [2.24, 2.45) is 0 Å². The molecule has 1 aromatic heterocycles. The first-order chi connectivity index (χ1) is 11.7. The zero-order chi connectivity index (χ0) is 16.4. The van der Waals surface area contributed by atoms with E-state index in [1.807, 2.05) is 24.3 Å². The Morgan fingerprint density at radius 2 is 2.04 bits per heavy atom. The first-order valence-corrected chi connectivity index (χ1v) is 9.29. The minimum Gasteiger partial charge on any atom is -0.497 e. The lowest BCUT2D eigenvalue weighted by Crippen LogP contribution is -2.58. The largest absolute Gasteiger partial charge is 0.497 e. The molecule has 2 aliphatic heterocycles. The van der Waals surface area contributed by atoms with Gasteiger partial charge in [0.2, 0.25) is 0 Å². The summed E-state index contributed by atoms with van der Waals surface area (Å²) < 4.78 is 11.7. The molecule has 0 bridgehead atoms. The molecular formula is C19H22N2O2S. The van der Waals surface area contributed by atoms with E-state index in [1.54, 1.807) is 19.5 Å². The summed E-state index contributed by atoms with van der Waals surface area (Å²) >= 11 is 2.07. The predicted molar refractivity (Wildman–Crippen MR) is 96.7 cm³/mol. The fraction of sp³-hybridized carbons (Fsp3) is 0.421. The van der Waals surface area contributed by atoms with Crippen molar-refractivity contribution in [2.75, 3.05) is 26.0 Å². The van der Waals surface area contributed by atoms with Crippen LogP contribution < -0.4 is 9.47 Å². The Balaban J connectivity index is 1.27. The Bertz CT molecular complexity index is 672. The van der Waals surface area contributed by atoms with Gasteiger partial charge in [-0.3, -0.25) is 9.88 Å². The Kier molecular flexibility index (Phi) is 4.37. The van der Waals surface area contributed by atoms with Crippen LogP contribution in [0.4, 0.5) is 0 Å². The highest BCUT2D eigenvalue weighted by atomic mass is 32.2. The summed E-state index contributed by atoms with van der Waals surface area (Å²) in [4.78, 5) is 6.63. The van der Waals surface area contributed by atoms with Gasteiger partial charge in [-0.25, -0.2) is 0 Å². The minimum absolute atomic E-state index is 0.308. The van der Waals surface area contributed by atoms with E-state index in [4.69, 9.17) is 9.47 Å². The maximum absolute atomic E-state index is 6.07. The van der Waals surface area contributed by atoms with Gasteiger partial charge in [0.25, 0.3) is 0 Å². The van der Waals surface area contributed by atoms with Gasteiger partial charge in [-0.05, 0) is 29.8 Å². The first-order valence-electron chi connectivity index (χ1n) is 8.31. The molecule has 4 nitrogen and oxygen atoms in total. The Hall–Kier alpha value is -1.72. The van der Waals surface area contributed by atoms with Crippen molar-refractivity contribution in [3.8, 4) is 11.5 Å². The number of nitrogens with zero attached hydrogens (tertiary/aromatic N) is 2. The molecule has 0 unspecified atom stereocenters. The molecular weight excluding hydrogens is 320 g/mol. The molecule has 0 aliphatic carbocycles. The van der Waals surface area contributed by atoms with Crippen molar-refractivity contribution < 1.29 is 9.47 Å². The van der Waals surface area contributed by atoms with Crippen molar-refractivity contribution in [3.63, 3.8) is 0 Å². The molecule has 0 N–H and O–H groups in total. The van der Waals surface area contributed by atoms with Gasteiger partial charge in [0.1, 0.15) is 17.6 Å². The maximum atomic E-state index is 6.07. The van der Waals surface area contributed by atoms with Gasteiger partial charge in [-0.1, -0.05) is 12.1 Å². The fourth-order valence-electron chi connectivity index (χ4n) is 3.58. The van der Waals surface area contributed by atoms with Crippen molar-refractivity contribution in [3.05, 3.63) is 54.4 Å². The number of benzene rings is 1. The summed E-state index contributed by atoms with van der Waals surface area (Å²) in [6.07, 6.45) is 5.01. The standard InChI is InChI=1S/C19H22N2O2S/c1-22-16-6-4-15(5-7-16)11-21-13-19(14-21)9-18(12-24-19)23-17-3-2-8-20-10-17/h2-8,10,18H,9,11-14H2,1H3/t18-/m1/s1. The second-order valence-electron chi connectivity index (χ2n) is 6.62. The first kappa shape index (κ1) is 15.8. The van der Waals surface area contributed by atoms with E-state index < -0.39 is 0 Å². The van der Waals surface area contributed by atoms with Gasteiger partial charge in [0.15, 0.2) is 0 Å². The van der Waals surface area contributed by atoms with Gasteiger partial charge in [0, 0.05) is 42.8 Å². The topological polar surface area (TPSA) is 34.6 Å². The quantitative estimate of drug-likeness (QED) is 0.833. The van der Waals surface area contributed by atoms with Gasteiger partial charge >= 0.3 is 0 Å². The van der Waals surface area contributed by atoms with E-state index in [-0.39, 0.29) is 0 Å². The lowest BCUT2D eigenvalue weighted by molar-refractivity contribution is 0.0920. The van der Waals surface area contributed by atoms with Gasteiger partial charge in [-0.2, -0.15) is 0 Å². The summed E-state index contributed by atoms with van der Waals surface area (Å²) in [6, 6.07) is 12.3. The van der Waals surface area contributed by atoms with Crippen LogP contribution in [0.3, 0.4) is 0 Å². The SMILES string of the molecule is COc1ccc(CN2CC3(C[C@@H](Oc4cccnc4)CS3)C2)cc1. The molecule has 4 rings (SSSR count). The Labute approximate surface area is 147 Å². The van der Waals surface area contributed by atoms with Crippen LogP contribution in [0.1, 0.15) is 12.0 Å². The molecule has 2 aliphatic rings. The van der Waals surface area contributed by atoms with Crippen molar-refractivity contribution in [2.45, 2.75) is 23.8 Å². The Morgan fingerprint density at radius 3 is 2.75 bits per heavy atom. The highest BCUT2D eigenvalue weighted by Crippen LogP contribution is 2.46. The summed E-state index contributed by atoms with van der Waals surface area (Å²) in [5, 5.41) is 0. The minimum atomic E-state index is 0.308. The normalized spacial score (nSPS) is 22.3. The number of aromatic nitrogens is 1. The number of thioether (sulfide) groups is 1. The molecule has 3 heterocycles. The van der Waals surface area contributed by atoms with E-state index in [0.717, 1.165) is 43.3 Å². The molecule has 2 saturated heterocycles. The summed E-state index contributed by atoms with van der Waals surface area (Å²) in [6.45, 7) is 3.31. The lowest BCUT2D eigenvalue weighted by Gasteiger charge is -2.47. The van der Waals surface area contributed by atoms with Crippen LogP contribution in [-0.4, -0.2) is 46.7 Å². The van der Waals surface area contributed by atoms with Crippen LogP contribution in [0.25, 0.3) is 0 Å². The number of rotatable bonds is 5. The number of ether oxygens (including phenoxy) is 2. The van der Waals surface area contributed by atoms with Gasteiger partial charge in [-0.15, -0.1) is 11.8 Å². The lowest BCUT2D eigenvalue weighted by atomic mass is 9.92. The summed E-state index contributed by atoms with van der Waals surface area (Å²) in [5.74, 6) is 2.88. The molecule has 0 amide bonds. The summed E-state index contributed by atoms with van der Waals surface area (Å²) in [7, 11) is 1.70. The third-order valence-electron chi connectivity index (χ3n) is 4.70. The van der Waals surface area contributed by atoms with Crippen LogP contribution in [0.15, 0.2) is 48.8 Å². The molecule has 5 heteroatoms. The molecule has 0 radical (unpaired) electrons. The van der Waals surface area contributed by atoms with E-state index in [9.17, 15) is 0 Å². The third kappa shape index (κ3) is 3.37. The molecule has 1 aromatic carbocycles. The molecule has 126 valence electrons. The molecule has 2 fully saturated rings. The van der Waals surface area contributed by atoms with Crippen LogP contribution >= 0.6 is 11.8 Å². The number of methoxy groups -OCH3 is 1. The van der Waals surface area contributed by atoms with Gasteiger partial charge < -0.3 is 9.47 Å². The van der Waals surface area contributed by atoms with Gasteiger partial charge in [0.05, 0.1) is 13.3 Å². The van der Waals surface area contributed by atoms with Crippen LogP contribution in [0, 0.1) is 0 Å². The Morgan fingerprint density at radius 1 is 1.21 bits per heavy atom. The van der Waals surface area contributed by atoms with E-state index in [0.29, 0.717) is 10.9 Å². The summed E-state index contributed by atoms with van der Waals surface area (Å²) in [5.41, 5.74) is 1.34. The monoisotopic (exact) mass is 342 g/mol. The van der Waals surface area contributed by atoms with Crippen LogP contribution in [0.5, 0.6) is 11.5 Å². The second kappa shape index (κ2) is 6.65. The number of hydrogen-bond donors (Lipinski definition) is 0. The second-order valence-corrected chi connectivity index (χ2v) is 8.11. The number of pyridine rings is 1. The highest BCUT2D eigenvalue weighted by molar-refractivity contribution is 8.01. The fourth-order valence-corrected chi connectivity index (χ4v) is 5.15. The van der Waals surface area contributed by atoms with E-state index >= 15 is 0 Å². The van der Waals surface area contributed by atoms with Crippen LogP contribution in [-0.2, 0) is 6.54 Å². The average Bonchev–Trinajstić information content (AvgIpc) is 3.00. The third-order valence-corrected chi connectivity index (χ3v) is 6.28. The molecule has 1 atom stereocenters. The molecule has 1 spiro atoms. The average molecular weight is 342 g/mol. The van der Waals surface area contributed by atoms with Crippen molar-refractivity contribution in [1.82, 2.24) is 9.88 Å². The zero-order valence-electron chi connectivity index (χ0n) is 13.9. The molecule has 24 heavy (non-hydrogen) atoms. The maximum Gasteiger partial charge on any atom is 0.138 e.